The number of nitrogens with one attached hydrogen (secondary N) is 1. The van der Waals surface area contributed by atoms with Crippen molar-refractivity contribution in [2.75, 3.05) is 36.8 Å². The molecule has 0 atom stereocenters. The van der Waals surface area contributed by atoms with Crippen LogP contribution in [0.5, 0.6) is 0 Å². The fourth-order valence-electron chi connectivity index (χ4n) is 2.31. The molecule has 3 aromatic rings. The molecule has 0 unspecified atom stereocenters. The monoisotopic (exact) mass is 400 g/mol. The van der Waals surface area contributed by atoms with Crippen LogP contribution >= 0.6 is 0 Å². The quantitative estimate of drug-likeness (QED) is 0.552. The van der Waals surface area contributed by atoms with Gasteiger partial charge in [0.25, 0.3) is 5.78 Å². The Kier molecular flexibility index (Phi) is 5.30. The van der Waals surface area contributed by atoms with E-state index in [4.69, 9.17) is 20.1 Å². The summed E-state index contributed by atoms with van der Waals surface area (Å²) < 4.78 is 38.4. The molecule has 14 heteroatoms. The second-order valence-corrected chi connectivity index (χ2v) is 5.55. The van der Waals surface area contributed by atoms with Crippen LogP contribution in [0.2, 0.25) is 0 Å². The zero-order valence-electron chi connectivity index (χ0n) is 14.2. The molecule has 1 saturated heterocycles. The van der Waals surface area contributed by atoms with Crippen LogP contribution in [0.1, 0.15) is 0 Å². The van der Waals surface area contributed by atoms with Crippen molar-refractivity contribution in [1.29, 1.82) is 0 Å². The summed E-state index contributed by atoms with van der Waals surface area (Å²) in [6.07, 6.45) is -3.51. The van der Waals surface area contributed by atoms with Crippen molar-refractivity contribution in [3.63, 3.8) is 0 Å². The lowest BCUT2D eigenvalue weighted by Gasteiger charge is -2.27. The van der Waals surface area contributed by atoms with E-state index in [1.807, 2.05) is 0 Å². The topological polar surface area (TPSA) is 148 Å². The number of anilines is 2. The maximum atomic E-state index is 10.6. The summed E-state index contributed by atoms with van der Waals surface area (Å²) in [5, 5.41) is 14.7. The van der Waals surface area contributed by atoms with Crippen LogP contribution in [-0.2, 0) is 4.79 Å². The summed E-state index contributed by atoms with van der Waals surface area (Å²) in [5.74, 6) is -0.476. The van der Waals surface area contributed by atoms with E-state index in [0.717, 1.165) is 26.2 Å². The number of aliphatic carboxylic acids is 1. The van der Waals surface area contributed by atoms with Gasteiger partial charge in [0.1, 0.15) is 0 Å². The summed E-state index contributed by atoms with van der Waals surface area (Å²) in [6, 6.07) is 3.57. The molecule has 0 saturated carbocycles. The number of hydrogen-bond donors (Lipinski definition) is 3. The highest BCUT2D eigenvalue weighted by atomic mass is 19.4. The van der Waals surface area contributed by atoms with Crippen molar-refractivity contribution in [3.8, 4) is 11.6 Å². The molecule has 0 amide bonds. The average molecular weight is 400 g/mol. The van der Waals surface area contributed by atoms with Gasteiger partial charge in [-0.1, -0.05) is 0 Å². The third kappa shape index (κ3) is 4.28. The Labute approximate surface area is 155 Å². The number of halogens is 3. The number of piperazine rings is 1. The highest BCUT2D eigenvalue weighted by molar-refractivity contribution is 5.73. The molecule has 0 spiro atoms. The van der Waals surface area contributed by atoms with Gasteiger partial charge in [0.2, 0.25) is 17.7 Å². The number of nitrogen functional groups attached to an aromatic ring is 1. The van der Waals surface area contributed by atoms with E-state index >= 15 is 0 Å². The van der Waals surface area contributed by atoms with Gasteiger partial charge in [0.15, 0.2) is 5.76 Å². The van der Waals surface area contributed by atoms with E-state index in [-0.39, 0.29) is 5.95 Å². The van der Waals surface area contributed by atoms with E-state index < -0.39 is 12.1 Å². The summed E-state index contributed by atoms with van der Waals surface area (Å²) in [5.41, 5.74) is 5.97. The highest BCUT2D eigenvalue weighted by Crippen LogP contribution is 2.18. The Balaban J connectivity index is 0.000000279. The summed E-state index contributed by atoms with van der Waals surface area (Å²) in [6.45, 7) is 3.49. The summed E-state index contributed by atoms with van der Waals surface area (Å²) >= 11 is 0. The van der Waals surface area contributed by atoms with Crippen molar-refractivity contribution in [1.82, 2.24) is 29.9 Å². The first-order valence-electron chi connectivity index (χ1n) is 7.95. The Morgan fingerprint density at radius 1 is 1.25 bits per heavy atom. The van der Waals surface area contributed by atoms with Crippen LogP contribution in [0.15, 0.2) is 22.8 Å². The Morgan fingerprint density at radius 3 is 2.50 bits per heavy atom. The molecular weight excluding hydrogens is 385 g/mol. The molecule has 3 aromatic heterocycles. The van der Waals surface area contributed by atoms with Crippen molar-refractivity contribution in [3.05, 3.63) is 18.4 Å². The second kappa shape index (κ2) is 7.67. The zero-order chi connectivity index (χ0) is 20.3. The standard InChI is InChI=1S/C12H14N8O.C2HF3O2/c13-10-16-11(19-5-3-14-4-6-19)17-12-15-9(18-20(10)12)8-2-1-7-21-8;3-2(4,5)1(6)7/h1-2,7,14H,3-6H2,(H2,13,15,16,17,18);(H,6,7). The van der Waals surface area contributed by atoms with Gasteiger partial charge in [-0.25, -0.2) is 4.79 Å². The highest BCUT2D eigenvalue weighted by Gasteiger charge is 2.38. The number of carboxylic acids is 1. The van der Waals surface area contributed by atoms with Crippen molar-refractivity contribution in [2.45, 2.75) is 6.18 Å². The molecule has 4 N–H and O–H groups in total. The number of alkyl halides is 3. The van der Waals surface area contributed by atoms with Crippen molar-refractivity contribution >= 4 is 23.6 Å². The van der Waals surface area contributed by atoms with Crippen molar-refractivity contribution in [2.24, 2.45) is 0 Å². The molecule has 28 heavy (non-hydrogen) atoms. The van der Waals surface area contributed by atoms with E-state index in [1.165, 1.54) is 4.52 Å². The van der Waals surface area contributed by atoms with Crippen LogP contribution < -0.4 is 16.0 Å². The minimum absolute atomic E-state index is 0.263. The fourth-order valence-corrected chi connectivity index (χ4v) is 2.31. The molecule has 0 radical (unpaired) electrons. The Bertz CT molecular complexity index is 951. The number of aromatic nitrogens is 5. The summed E-state index contributed by atoms with van der Waals surface area (Å²) in [4.78, 5) is 24.1. The van der Waals surface area contributed by atoms with E-state index in [9.17, 15) is 13.2 Å². The smallest absolute Gasteiger partial charge is 0.475 e. The van der Waals surface area contributed by atoms with Gasteiger partial charge in [0.05, 0.1) is 6.26 Å². The lowest BCUT2D eigenvalue weighted by molar-refractivity contribution is -0.192. The largest absolute Gasteiger partial charge is 0.490 e. The maximum absolute atomic E-state index is 10.6. The summed E-state index contributed by atoms with van der Waals surface area (Å²) in [7, 11) is 0. The van der Waals surface area contributed by atoms with Crippen molar-refractivity contribution < 1.29 is 27.5 Å². The fraction of sp³-hybridized carbons (Fsp3) is 0.357. The molecule has 4 rings (SSSR count). The zero-order valence-corrected chi connectivity index (χ0v) is 14.2. The predicted molar refractivity (Wildman–Crippen MR) is 89.5 cm³/mol. The van der Waals surface area contributed by atoms with Gasteiger partial charge in [-0.3, -0.25) is 0 Å². The first-order chi connectivity index (χ1) is 13.3. The molecular formula is C14H15F3N8O3. The number of hydrogen-bond acceptors (Lipinski definition) is 9. The minimum atomic E-state index is -5.08. The van der Waals surface area contributed by atoms with Gasteiger partial charge >= 0.3 is 12.1 Å². The number of carboxylic acid groups (broad SMARTS) is 1. The maximum Gasteiger partial charge on any atom is 0.490 e. The minimum Gasteiger partial charge on any atom is -0.475 e. The van der Waals surface area contributed by atoms with Crippen LogP contribution in [0.4, 0.5) is 25.1 Å². The van der Waals surface area contributed by atoms with Gasteiger partial charge in [-0.15, -0.1) is 5.10 Å². The Hall–Kier alpha value is -3.42. The normalized spacial score (nSPS) is 14.6. The van der Waals surface area contributed by atoms with Crippen LogP contribution in [0, 0.1) is 0 Å². The third-order valence-corrected chi connectivity index (χ3v) is 3.61. The van der Waals surface area contributed by atoms with Gasteiger partial charge in [0, 0.05) is 26.2 Å². The number of nitrogens with zero attached hydrogens (tertiary/aromatic N) is 6. The average Bonchev–Trinajstić information content (AvgIpc) is 3.31. The lowest BCUT2D eigenvalue weighted by atomic mass is 10.4. The van der Waals surface area contributed by atoms with Crippen LogP contribution in [0.3, 0.4) is 0 Å². The van der Waals surface area contributed by atoms with Crippen LogP contribution in [0.25, 0.3) is 17.4 Å². The van der Waals surface area contributed by atoms with E-state index in [2.05, 4.69) is 30.3 Å². The predicted octanol–water partition coefficient (Wildman–Crippen LogP) is 0.404. The number of fused-ring (bicyclic) bond motifs is 1. The first kappa shape index (κ1) is 19.3. The number of nitrogens with two attached hydrogens (primary N) is 1. The molecule has 11 nitrogen and oxygen atoms in total. The van der Waals surface area contributed by atoms with E-state index in [1.54, 1.807) is 18.4 Å². The molecule has 1 aliphatic rings. The molecule has 1 fully saturated rings. The van der Waals surface area contributed by atoms with E-state index in [0.29, 0.717) is 23.3 Å². The molecule has 4 heterocycles. The Morgan fingerprint density at radius 2 is 1.93 bits per heavy atom. The van der Waals surface area contributed by atoms with Gasteiger partial charge in [-0.2, -0.15) is 32.6 Å². The molecule has 1 aliphatic heterocycles. The van der Waals surface area contributed by atoms with Gasteiger partial charge in [-0.05, 0) is 12.1 Å². The molecule has 0 bridgehead atoms. The van der Waals surface area contributed by atoms with Gasteiger partial charge < -0.3 is 25.5 Å². The first-order valence-corrected chi connectivity index (χ1v) is 7.95. The number of carbonyl (C=O) groups is 1. The third-order valence-electron chi connectivity index (χ3n) is 3.61. The molecule has 150 valence electrons. The number of furan rings is 1. The lowest BCUT2D eigenvalue weighted by Crippen LogP contribution is -2.44. The van der Waals surface area contributed by atoms with Crippen LogP contribution in [-0.4, -0.2) is 68.0 Å². The second-order valence-electron chi connectivity index (χ2n) is 5.55. The molecule has 0 aliphatic carbocycles. The SMILES string of the molecule is Nc1nc(N2CCNCC2)nc2nc(-c3ccco3)nn12.O=C(O)C(F)(F)F. The molecule has 0 aromatic carbocycles. The number of rotatable bonds is 2.